The van der Waals surface area contributed by atoms with Crippen molar-refractivity contribution in [1.82, 2.24) is 15.0 Å². The lowest BCUT2D eigenvalue weighted by molar-refractivity contribution is 0.443. The number of aromatic nitrogens is 3. The van der Waals surface area contributed by atoms with E-state index in [0.717, 1.165) is 13.1 Å². The van der Waals surface area contributed by atoms with Gasteiger partial charge in [-0.1, -0.05) is 0 Å². The fraction of sp³-hybridized carbons (Fsp3) is 0.727. The van der Waals surface area contributed by atoms with E-state index >= 15 is 0 Å². The van der Waals surface area contributed by atoms with E-state index in [2.05, 4.69) is 39.0 Å². The second kappa shape index (κ2) is 5.49. The molecule has 1 aromatic rings. The van der Waals surface area contributed by atoms with Crippen molar-refractivity contribution < 1.29 is 0 Å². The van der Waals surface area contributed by atoms with Gasteiger partial charge in [0.2, 0.25) is 17.2 Å². The maximum Gasteiger partial charge on any atom is 0.231 e. The largest absolute Gasteiger partial charge is 0.351 e. The van der Waals surface area contributed by atoms with Gasteiger partial charge in [0.05, 0.1) is 0 Å². The molecule has 2 rings (SSSR count). The molecular weight excluding hydrogens is 238 g/mol. The quantitative estimate of drug-likeness (QED) is 0.875. The fourth-order valence-electron chi connectivity index (χ4n) is 1.79. The Bertz CT molecular complexity index is 376. The molecule has 0 saturated heterocycles. The van der Waals surface area contributed by atoms with E-state index in [4.69, 9.17) is 11.6 Å². The van der Waals surface area contributed by atoms with Crippen LogP contribution in [0.4, 0.5) is 11.9 Å². The van der Waals surface area contributed by atoms with E-state index in [1.54, 1.807) is 0 Å². The van der Waals surface area contributed by atoms with E-state index < -0.39 is 0 Å². The van der Waals surface area contributed by atoms with Crippen molar-refractivity contribution in [3.63, 3.8) is 0 Å². The monoisotopic (exact) mass is 255 g/mol. The Balaban J connectivity index is 2.15. The summed E-state index contributed by atoms with van der Waals surface area (Å²) in [4.78, 5) is 14.7. The van der Waals surface area contributed by atoms with Gasteiger partial charge in [-0.05, 0) is 44.7 Å². The zero-order valence-electron chi connectivity index (χ0n) is 10.3. The topological polar surface area (TPSA) is 53.9 Å². The highest BCUT2D eigenvalue weighted by Crippen LogP contribution is 2.22. The molecule has 0 aliphatic heterocycles. The minimum atomic E-state index is 0.253. The first-order valence-corrected chi connectivity index (χ1v) is 6.53. The summed E-state index contributed by atoms with van der Waals surface area (Å²) in [5, 5.41) is 3.54. The number of halogens is 1. The van der Waals surface area contributed by atoms with Crippen molar-refractivity contribution in [1.29, 1.82) is 0 Å². The van der Waals surface area contributed by atoms with Crippen LogP contribution in [-0.4, -0.2) is 34.1 Å². The maximum absolute atomic E-state index is 5.92. The van der Waals surface area contributed by atoms with Crippen LogP contribution < -0.4 is 10.2 Å². The van der Waals surface area contributed by atoms with Gasteiger partial charge in [0, 0.05) is 19.1 Å². The third-order valence-corrected chi connectivity index (χ3v) is 3.25. The summed E-state index contributed by atoms with van der Waals surface area (Å²) < 4.78 is 0. The highest BCUT2D eigenvalue weighted by Gasteiger charge is 2.19. The van der Waals surface area contributed by atoms with Crippen LogP contribution in [0.5, 0.6) is 0 Å². The Morgan fingerprint density at radius 3 is 2.47 bits per heavy atom. The molecule has 0 bridgehead atoms. The summed E-state index contributed by atoms with van der Waals surface area (Å²) in [5.41, 5.74) is 0. The highest BCUT2D eigenvalue weighted by molar-refractivity contribution is 6.28. The molecule has 0 aromatic carbocycles. The van der Waals surface area contributed by atoms with Gasteiger partial charge >= 0.3 is 0 Å². The minimum absolute atomic E-state index is 0.253. The molecule has 17 heavy (non-hydrogen) atoms. The van der Waals surface area contributed by atoms with Gasteiger partial charge < -0.3 is 10.2 Å². The number of hydrogen-bond acceptors (Lipinski definition) is 5. The van der Waals surface area contributed by atoms with Gasteiger partial charge in [0.25, 0.3) is 0 Å². The lowest BCUT2D eigenvalue weighted by atomic mass is 9.93. The summed E-state index contributed by atoms with van der Waals surface area (Å²) in [7, 11) is 0. The molecule has 0 unspecified atom stereocenters. The van der Waals surface area contributed by atoms with Crippen molar-refractivity contribution in [2.75, 3.05) is 23.3 Å². The average molecular weight is 256 g/mol. The van der Waals surface area contributed by atoms with Crippen LogP contribution in [0.3, 0.4) is 0 Å². The lowest BCUT2D eigenvalue weighted by Crippen LogP contribution is -2.29. The average Bonchev–Trinajstić information content (AvgIpc) is 2.25. The molecule has 0 atom stereocenters. The van der Waals surface area contributed by atoms with Crippen LogP contribution >= 0.6 is 11.6 Å². The minimum Gasteiger partial charge on any atom is -0.351 e. The van der Waals surface area contributed by atoms with Crippen LogP contribution in [0.1, 0.15) is 33.1 Å². The van der Waals surface area contributed by atoms with Crippen molar-refractivity contribution in [2.24, 2.45) is 0 Å². The molecule has 0 amide bonds. The number of hydrogen-bond donors (Lipinski definition) is 1. The van der Waals surface area contributed by atoms with Crippen LogP contribution in [0.2, 0.25) is 5.28 Å². The second-order valence-corrected chi connectivity index (χ2v) is 4.51. The molecule has 0 spiro atoms. The number of anilines is 2. The van der Waals surface area contributed by atoms with Gasteiger partial charge in [-0.25, -0.2) is 0 Å². The Morgan fingerprint density at radius 1 is 1.24 bits per heavy atom. The summed E-state index contributed by atoms with van der Waals surface area (Å²) in [6, 6.07) is 0.498. The third kappa shape index (κ3) is 2.97. The molecule has 1 aromatic heterocycles. The standard InChI is InChI=1S/C11H18ClN5/c1-3-17(4-2)11-15-9(12)14-10(16-11)13-8-6-5-7-8/h8H,3-7H2,1-2H3,(H,13,14,15,16). The van der Waals surface area contributed by atoms with Crippen LogP contribution in [0.25, 0.3) is 0 Å². The molecule has 1 aliphatic rings. The van der Waals surface area contributed by atoms with Crippen LogP contribution in [0.15, 0.2) is 0 Å². The first kappa shape index (κ1) is 12.4. The van der Waals surface area contributed by atoms with Crippen molar-refractivity contribution >= 4 is 23.5 Å². The van der Waals surface area contributed by atoms with Crippen molar-refractivity contribution in [3.8, 4) is 0 Å². The lowest BCUT2D eigenvalue weighted by Gasteiger charge is -2.27. The molecular formula is C11H18ClN5. The van der Waals surface area contributed by atoms with E-state index in [-0.39, 0.29) is 5.28 Å². The molecule has 1 saturated carbocycles. The zero-order valence-corrected chi connectivity index (χ0v) is 11.0. The molecule has 1 fully saturated rings. The molecule has 6 heteroatoms. The van der Waals surface area contributed by atoms with Gasteiger partial charge in [0.15, 0.2) is 0 Å². The van der Waals surface area contributed by atoms with Crippen LogP contribution in [0, 0.1) is 0 Å². The first-order chi connectivity index (χ1) is 8.22. The van der Waals surface area contributed by atoms with E-state index in [1.807, 2.05) is 0 Å². The Labute approximate surface area is 107 Å². The highest BCUT2D eigenvalue weighted by atomic mass is 35.5. The fourth-order valence-corrected chi connectivity index (χ4v) is 1.94. The molecule has 5 nitrogen and oxygen atoms in total. The Morgan fingerprint density at radius 2 is 1.94 bits per heavy atom. The smallest absolute Gasteiger partial charge is 0.231 e. The number of rotatable bonds is 5. The Hall–Kier alpha value is -1.10. The molecule has 1 N–H and O–H groups in total. The van der Waals surface area contributed by atoms with Gasteiger partial charge in [-0.3, -0.25) is 0 Å². The van der Waals surface area contributed by atoms with Crippen LogP contribution in [-0.2, 0) is 0 Å². The predicted octanol–water partition coefficient (Wildman–Crippen LogP) is 2.34. The molecule has 1 heterocycles. The van der Waals surface area contributed by atoms with Gasteiger partial charge in [-0.15, -0.1) is 0 Å². The molecule has 94 valence electrons. The maximum atomic E-state index is 5.92. The third-order valence-electron chi connectivity index (χ3n) is 3.08. The summed E-state index contributed by atoms with van der Waals surface area (Å²) in [6.45, 7) is 5.86. The molecule has 0 radical (unpaired) electrons. The SMILES string of the molecule is CCN(CC)c1nc(Cl)nc(NC2CCC2)n1. The summed E-state index contributed by atoms with van der Waals surface area (Å²) in [5.74, 6) is 1.24. The van der Waals surface area contributed by atoms with E-state index in [9.17, 15) is 0 Å². The number of nitrogens with zero attached hydrogens (tertiary/aromatic N) is 4. The predicted molar refractivity (Wildman–Crippen MR) is 69.7 cm³/mol. The van der Waals surface area contributed by atoms with E-state index in [0.29, 0.717) is 17.9 Å². The van der Waals surface area contributed by atoms with Crippen molar-refractivity contribution in [2.45, 2.75) is 39.2 Å². The van der Waals surface area contributed by atoms with Crippen molar-refractivity contribution in [3.05, 3.63) is 5.28 Å². The van der Waals surface area contributed by atoms with Gasteiger partial charge in [-0.2, -0.15) is 15.0 Å². The number of nitrogens with one attached hydrogen (secondary N) is 1. The normalized spacial score (nSPS) is 15.5. The van der Waals surface area contributed by atoms with Gasteiger partial charge in [0.1, 0.15) is 0 Å². The van der Waals surface area contributed by atoms with E-state index in [1.165, 1.54) is 19.3 Å². The summed E-state index contributed by atoms with van der Waals surface area (Å²) in [6.07, 6.45) is 3.65. The summed E-state index contributed by atoms with van der Waals surface area (Å²) >= 11 is 5.92. The second-order valence-electron chi connectivity index (χ2n) is 4.17. The Kier molecular flexibility index (Phi) is 3.99. The first-order valence-electron chi connectivity index (χ1n) is 6.16. The zero-order chi connectivity index (χ0) is 12.3. The molecule has 1 aliphatic carbocycles.